The quantitative estimate of drug-likeness (QED) is 0.780. The first kappa shape index (κ1) is 20.4. The van der Waals surface area contributed by atoms with Gasteiger partial charge in [0.1, 0.15) is 5.75 Å². The Bertz CT molecular complexity index is 713. The van der Waals surface area contributed by atoms with E-state index in [0.717, 1.165) is 0 Å². The van der Waals surface area contributed by atoms with Gasteiger partial charge in [-0.15, -0.1) is 13.2 Å². The van der Waals surface area contributed by atoms with E-state index in [1.54, 1.807) is 9.80 Å². The number of carbonyl (C=O) groups excluding carboxylic acids is 2. The predicted octanol–water partition coefficient (Wildman–Crippen LogP) is 2.57. The standard InChI is InChI=1S/C19H23F3N2O4/c1-12-8-24(9-13(2)27-12)18(26)15-7-17(25)23(11-15)10-14-3-5-16(6-4-14)28-19(20,21)22/h3-6,12-13,15H,7-11H2,1-2H3. The summed E-state index contributed by atoms with van der Waals surface area (Å²) in [6.45, 7) is 5.38. The molecule has 0 N–H and O–H groups in total. The number of benzene rings is 1. The first-order chi connectivity index (χ1) is 13.1. The topological polar surface area (TPSA) is 59.1 Å². The molecule has 0 bridgehead atoms. The van der Waals surface area contributed by atoms with Crippen LogP contribution >= 0.6 is 0 Å². The molecule has 2 heterocycles. The van der Waals surface area contributed by atoms with Gasteiger partial charge in [-0.3, -0.25) is 9.59 Å². The van der Waals surface area contributed by atoms with Crippen molar-refractivity contribution in [2.75, 3.05) is 19.6 Å². The number of ether oxygens (including phenoxy) is 2. The highest BCUT2D eigenvalue weighted by molar-refractivity contribution is 5.89. The molecular weight excluding hydrogens is 377 g/mol. The van der Waals surface area contributed by atoms with Gasteiger partial charge >= 0.3 is 6.36 Å². The largest absolute Gasteiger partial charge is 0.573 e. The Balaban J connectivity index is 1.58. The van der Waals surface area contributed by atoms with Crippen molar-refractivity contribution in [2.45, 2.75) is 45.4 Å². The number of alkyl halides is 3. The minimum atomic E-state index is -4.74. The second-order valence-electron chi connectivity index (χ2n) is 7.37. The average molecular weight is 400 g/mol. The molecule has 2 saturated heterocycles. The summed E-state index contributed by atoms with van der Waals surface area (Å²) < 4.78 is 46.1. The van der Waals surface area contributed by atoms with E-state index in [9.17, 15) is 22.8 Å². The lowest BCUT2D eigenvalue weighted by molar-refractivity contribution is -0.274. The van der Waals surface area contributed by atoms with Crippen LogP contribution in [0.1, 0.15) is 25.8 Å². The molecule has 2 aliphatic heterocycles. The minimum absolute atomic E-state index is 0.0432. The summed E-state index contributed by atoms with van der Waals surface area (Å²) in [5.74, 6) is -0.902. The highest BCUT2D eigenvalue weighted by Gasteiger charge is 2.38. The molecule has 2 aliphatic rings. The molecule has 3 rings (SSSR count). The van der Waals surface area contributed by atoms with Crippen LogP contribution in [0.3, 0.4) is 0 Å². The van der Waals surface area contributed by atoms with E-state index in [1.807, 2.05) is 13.8 Å². The zero-order chi connectivity index (χ0) is 20.5. The molecule has 2 fully saturated rings. The number of nitrogens with zero attached hydrogens (tertiary/aromatic N) is 2. The van der Waals surface area contributed by atoms with Crippen molar-refractivity contribution in [1.82, 2.24) is 9.80 Å². The van der Waals surface area contributed by atoms with E-state index in [2.05, 4.69) is 4.74 Å². The normalized spacial score (nSPS) is 25.9. The Labute approximate surface area is 161 Å². The van der Waals surface area contributed by atoms with Gasteiger partial charge in [0.15, 0.2) is 0 Å². The first-order valence-electron chi connectivity index (χ1n) is 9.17. The van der Waals surface area contributed by atoms with Crippen molar-refractivity contribution in [3.63, 3.8) is 0 Å². The lowest BCUT2D eigenvalue weighted by Crippen LogP contribution is -2.50. The van der Waals surface area contributed by atoms with E-state index in [1.165, 1.54) is 24.3 Å². The highest BCUT2D eigenvalue weighted by atomic mass is 19.4. The highest BCUT2D eigenvalue weighted by Crippen LogP contribution is 2.26. The summed E-state index contributed by atoms with van der Waals surface area (Å²) in [4.78, 5) is 28.4. The molecule has 0 saturated carbocycles. The van der Waals surface area contributed by atoms with Crippen LogP contribution in [0.5, 0.6) is 5.75 Å². The van der Waals surface area contributed by atoms with Gasteiger partial charge < -0.3 is 19.3 Å². The molecule has 9 heteroatoms. The van der Waals surface area contributed by atoms with Gasteiger partial charge in [0.2, 0.25) is 11.8 Å². The molecule has 0 aliphatic carbocycles. The maximum atomic E-state index is 12.8. The maximum Gasteiger partial charge on any atom is 0.573 e. The van der Waals surface area contributed by atoms with Crippen LogP contribution in [0, 0.1) is 5.92 Å². The number of rotatable bonds is 4. The van der Waals surface area contributed by atoms with Crippen molar-refractivity contribution >= 4 is 11.8 Å². The number of morpholine rings is 1. The van der Waals surface area contributed by atoms with Crippen molar-refractivity contribution in [3.8, 4) is 5.75 Å². The molecule has 6 nitrogen and oxygen atoms in total. The summed E-state index contributed by atoms with van der Waals surface area (Å²) in [5.41, 5.74) is 0.671. The summed E-state index contributed by atoms with van der Waals surface area (Å²) >= 11 is 0. The number of amides is 2. The fourth-order valence-electron chi connectivity index (χ4n) is 3.72. The van der Waals surface area contributed by atoms with E-state index in [4.69, 9.17) is 4.74 Å². The van der Waals surface area contributed by atoms with Gasteiger partial charge in [-0.05, 0) is 31.5 Å². The molecule has 0 aromatic heterocycles. The molecule has 3 unspecified atom stereocenters. The van der Waals surface area contributed by atoms with E-state index >= 15 is 0 Å². The van der Waals surface area contributed by atoms with Crippen LogP contribution in [-0.4, -0.2) is 59.8 Å². The second kappa shape index (κ2) is 7.98. The third-order valence-electron chi connectivity index (χ3n) is 4.83. The first-order valence-corrected chi connectivity index (χ1v) is 9.17. The summed E-state index contributed by atoms with van der Waals surface area (Å²) in [5, 5.41) is 0. The van der Waals surface area contributed by atoms with E-state index in [0.29, 0.717) is 25.2 Å². The molecule has 2 amide bonds. The van der Waals surface area contributed by atoms with Crippen LogP contribution in [0.25, 0.3) is 0 Å². The SMILES string of the molecule is CC1CN(C(=O)C2CC(=O)N(Cc3ccc(OC(F)(F)F)cc3)C2)CC(C)O1. The number of halogens is 3. The number of likely N-dealkylation sites (tertiary alicyclic amines) is 1. The van der Waals surface area contributed by atoms with E-state index < -0.39 is 12.3 Å². The number of hydrogen-bond acceptors (Lipinski definition) is 4. The lowest BCUT2D eigenvalue weighted by atomic mass is 10.1. The molecular formula is C19H23F3N2O4. The van der Waals surface area contributed by atoms with Crippen LogP contribution in [0.4, 0.5) is 13.2 Å². The summed E-state index contributed by atoms with van der Waals surface area (Å²) in [6.07, 6.45) is -4.68. The Morgan fingerprint density at radius 1 is 1.14 bits per heavy atom. The van der Waals surface area contributed by atoms with E-state index in [-0.39, 0.29) is 42.7 Å². The van der Waals surface area contributed by atoms with Gasteiger partial charge in [-0.2, -0.15) is 0 Å². The van der Waals surface area contributed by atoms with Gasteiger partial charge in [0.05, 0.1) is 18.1 Å². The van der Waals surface area contributed by atoms with Crippen LogP contribution in [0.15, 0.2) is 24.3 Å². The molecule has 1 aromatic carbocycles. The van der Waals surface area contributed by atoms with Crippen molar-refractivity contribution in [3.05, 3.63) is 29.8 Å². The number of hydrogen-bond donors (Lipinski definition) is 0. The third kappa shape index (κ3) is 5.15. The fraction of sp³-hybridized carbons (Fsp3) is 0.579. The molecule has 3 atom stereocenters. The Hall–Kier alpha value is -2.29. The summed E-state index contributed by atoms with van der Waals surface area (Å²) in [6, 6.07) is 5.38. The zero-order valence-corrected chi connectivity index (χ0v) is 15.7. The van der Waals surface area contributed by atoms with Gasteiger partial charge in [-0.25, -0.2) is 0 Å². The lowest BCUT2D eigenvalue weighted by Gasteiger charge is -2.36. The zero-order valence-electron chi connectivity index (χ0n) is 15.7. The minimum Gasteiger partial charge on any atom is -0.406 e. The summed E-state index contributed by atoms with van der Waals surface area (Å²) in [7, 11) is 0. The molecule has 28 heavy (non-hydrogen) atoms. The van der Waals surface area contributed by atoms with Gasteiger partial charge in [-0.1, -0.05) is 12.1 Å². The van der Waals surface area contributed by atoms with Crippen LogP contribution in [0.2, 0.25) is 0 Å². The molecule has 0 spiro atoms. The predicted molar refractivity (Wildman–Crippen MR) is 93.2 cm³/mol. The Morgan fingerprint density at radius 3 is 2.32 bits per heavy atom. The second-order valence-corrected chi connectivity index (χ2v) is 7.37. The smallest absolute Gasteiger partial charge is 0.406 e. The van der Waals surface area contributed by atoms with Gasteiger partial charge in [0, 0.05) is 32.6 Å². The maximum absolute atomic E-state index is 12.8. The van der Waals surface area contributed by atoms with Crippen molar-refractivity contribution in [2.24, 2.45) is 5.92 Å². The molecule has 154 valence electrons. The third-order valence-corrected chi connectivity index (χ3v) is 4.83. The van der Waals surface area contributed by atoms with Crippen molar-refractivity contribution in [1.29, 1.82) is 0 Å². The Kier molecular flexibility index (Phi) is 5.83. The number of carbonyl (C=O) groups is 2. The Morgan fingerprint density at radius 2 is 1.75 bits per heavy atom. The van der Waals surface area contributed by atoms with Gasteiger partial charge in [0.25, 0.3) is 0 Å². The molecule has 0 radical (unpaired) electrons. The fourth-order valence-corrected chi connectivity index (χ4v) is 3.72. The van der Waals surface area contributed by atoms with Crippen LogP contribution < -0.4 is 4.74 Å². The monoisotopic (exact) mass is 400 g/mol. The van der Waals surface area contributed by atoms with Crippen LogP contribution in [-0.2, 0) is 20.9 Å². The average Bonchev–Trinajstić information content (AvgIpc) is 2.94. The van der Waals surface area contributed by atoms with Crippen molar-refractivity contribution < 1.29 is 32.2 Å². The molecule has 1 aromatic rings.